The number of methoxy groups -OCH3 is 1. The van der Waals surface area contributed by atoms with Crippen LogP contribution in [0.15, 0.2) is 128 Å². The molecule has 1 fully saturated rings. The summed E-state index contributed by atoms with van der Waals surface area (Å²) in [7, 11) is 7.69. The van der Waals surface area contributed by atoms with E-state index in [9.17, 15) is 43.2 Å². The van der Waals surface area contributed by atoms with Gasteiger partial charge in [-0.25, -0.2) is 9.78 Å². The van der Waals surface area contributed by atoms with Gasteiger partial charge in [0.25, 0.3) is 29.5 Å². The number of benzene rings is 3. The number of aromatic nitrogens is 5. The fourth-order valence-corrected chi connectivity index (χ4v) is 9.45. The van der Waals surface area contributed by atoms with Gasteiger partial charge in [-0.1, -0.05) is 66.7 Å². The highest BCUT2D eigenvalue weighted by molar-refractivity contribution is 6.08. The molecule has 0 aliphatic heterocycles. The van der Waals surface area contributed by atoms with Crippen molar-refractivity contribution >= 4 is 76.1 Å². The van der Waals surface area contributed by atoms with Gasteiger partial charge >= 0.3 is 5.97 Å². The third-order valence-corrected chi connectivity index (χ3v) is 14.0. The molecule has 4 aromatic heterocycles. The number of unbranched alkanes of at least 4 members (excludes halogenated alkanes) is 1. The largest absolute Gasteiger partial charge is 0.464 e. The van der Waals surface area contributed by atoms with Crippen molar-refractivity contribution in [3.8, 4) is 0 Å². The molecule has 1 aliphatic carbocycles. The molecule has 0 bridgehead atoms. The number of nitrogens with one attached hydrogen (secondary N) is 9. The molecule has 1 aliphatic rings. The minimum Gasteiger partial charge on any atom is -0.464 e. The second-order valence-electron chi connectivity index (χ2n) is 20.4. The Morgan fingerprint density at radius 2 is 1.14 bits per heavy atom. The van der Waals surface area contributed by atoms with Crippen molar-refractivity contribution in [1.82, 2.24) is 49.8 Å². The molecule has 8 amide bonds. The van der Waals surface area contributed by atoms with E-state index < -0.39 is 53.4 Å². The first-order valence-corrected chi connectivity index (χ1v) is 27.3. The molecule has 24 heteroatoms. The normalized spacial score (nSPS) is 13.6. The number of ether oxygens (including phenoxy) is 1. The van der Waals surface area contributed by atoms with E-state index >= 15 is 0 Å². The summed E-state index contributed by atoms with van der Waals surface area (Å²) in [5, 5.41) is 25.6. The lowest BCUT2D eigenvalue weighted by molar-refractivity contribution is -0.123. The molecule has 438 valence electrons. The fourth-order valence-electron chi connectivity index (χ4n) is 9.45. The lowest BCUT2D eigenvalue weighted by Gasteiger charge is -2.19. The van der Waals surface area contributed by atoms with Crippen LogP contribution in [0.1, 0.15) is 118 Å². The minimum absolute atomic E-state index is 0.0151. The van der Waals surface area contributed by atoms with Crippen molar-refractivity contribution in [2.75, 3.05) is 48.0 Å². The number of anilines is 4. The van der Waals surface area contributed by atoms with E-state index in [4.69, 9.17) is 4.74 Å². The van der Waals surface area contributed by atoms with Crippen LogP contribution in [-0.4, -0.2) is 115 Å². The Morgan fingerprint density at radius 3 is 1.82 bits per heavy atom. The monoisotopic (exact) mass is 1140 g/mol. The van der Waals surface area contributed by atoms with Gasteiger partial charge in [0.1, 0.15) is 23.1 Å². The van der Waals surface area contributed by atoms with Gasteiger partial charge in [-0.05, 0) is 79.8 Å². The molecular weight excluding hydrogens is 1080 g/mol. The predicted molar refractivity (Wildman–Crippen MR) is 313 cm³/mol. The van der Waals surface area contributed by atoms with Crippen molar-refractivity contribution in [2.45, 2.75) is 63.1 Å². The van der Waals surface area contributed by atoms with Crippen molar-refractivity contribution in [1.29, 1.82) is 0 Å². The number of imidazole rings is 1. The molecule has 9 N–H and O–H groups in total. The van der Waals surface area contributed by atoms with Crippen molar-refractivity contribution in [3.05, 3.63) is 173 Å². The molecule has 0 radical (unpaired) electrons. The summed E-state index contributed by atoms with van der Waals surface area (Å²) in [5.41, 5.74) is 4.20. The van der Waals surface area contributed by atoms with Crippen LogP contribution in [0.25, 0.3) is 0 Å². The van der Waals surface area contributed by atoms with Crippen LogP contribution in [0, 0.1) is 0 Å². The maximum Gasteiger partial charge on any atom is 0.354 e. The number of carbonyl (C=O) groups is 9. The average molecular weight is 1150 g/mol. The second-order valence-corrected chi connectivity index (χ2v) is 20.4. The summed E-state index contributed by atoms with van der Waals surface area (Å²) in [4.78, 5) is 122. The maximum atomic E-state index is 13.6. The maximum absolute atomic E-state index is 13.6. The second kappa shape index (κ2) is 28.1. The van der Waals surface area contributed by atoms with E-state index in [-0.39, 0.29) is 71.7 Å². The van der Waals surface area contributed by atoms with Gasteiger partial charge in [-0.15, -0.1) is 0 Å². The number of aryl methyl sites for hydroxylation is 4. The van der Waals surface area contributed by atoms with Crippen LogP contribution in [-0.2, 0) is 53.9 Å². The molecule has 8 rings (SSSR count). The summed E-state index contributed by atoms with van der Waals surface area (Å²) >= 11 is 0. The fraction of sp³-hybridized carbons (Fsp3) is 0.300. The zero-order valence-corrected chi connectivity index (χ0v) is 47.2. The van der Waals surface area contributed by atoms with Gasteiger partial charge in [0, 0.05) is 109 Å². The molecule has 0 unspecified atom stereocenters. The van der Waals surface area contributed by atoms with Crippen LogP contribution in [0.3, 0.4) is 0 Å². The van der Waals surface area contributed by atoms with E-state index in [1.54, 1.807) is 52.6 Å². The highest BCUT2D eigenvalue weighted by atomic mass is 16.5. The topological polar surface area (TPSA) is 304 Å². The first-order chi connectivity index (χ1) is 40.4. The molecule has 84 heavy (non-hydrogen) atoms. The number of carbonyl (C=O) groups excluding carboxylic acids is 9. The zero-order valence-electron chi connectivity index (χ0n) is 47.2. The molecule has 0 spiro atoms. The predicted octanol–water partition coefficient (Wildman–Crippen LogP) is 4.97. The standard InChI is InChI=1S/C60H68N14O10/c1-71-33-41(28-48(71)58(81)70-50-36-74(4)53(69-50)59(82)67-42-29-47(72(2)34-42)57(80)66-43-30-49(60(83)84-5)73(3)35-43)65-52(76)23-25-62-51(75)22-26-63-54(77)39-19-14-20-40(27-39)55(78)68-45(56(79)64-32-37-15-8-6-9-16-37)21-12-13-24-61-46-31-44(46)38-17-10-7-11-18-38/h6-11,14-20,27-30,33-36,44-46,61H,12-13,21-26,31-32H2,1-5H3,(H,62,75)(H,63,77)(H,64,79)(H,65,76)(H,66,80)(H,67,82)(H,68,78)(H,70,81)/t44-,45+,46+/m1/s1. The Hall–Kier alpha value is -10.1. The Kier molecular flexibility index (Phi) is 20.0. The van der Waals surface area contributed by atoms with Crippen LogP contribution < -0.4 is 47.9 Å². The molecule has 7 aromatic rings. The number of hydrogen-bond acceptors (Lipinski definition) is 12. The molecule has 0 saturated heterocycles. The first kappa shape index (κ1) is 60.0. The van der Waals surface area contributed by atoms with Gasteiger partial charge in [-0.2, -0.15) is 0 Å². The van der Waals surface area contributed by atoms with E-state index in [0.717, 1.165) is 24.9 Å². The van der Waals surface area contributed by atoms with Crippen molar-refractivity contribution in [2.24, 2.45) is 28.2 Å². The van der Waals surface area contributed by atoms with Gasteiger partial charge in [0.15, 0.2) is 5.82 Å². The van der Waals surface area contributed by atoms with Gasteiger partial charge in [0.05, 0.1) is 24.2 Å². The Morgan fingerprint density at radius 1 is 0.560 bits per heavy atom. The highest BCUT2D eigenvalue weighted by Gasteiger charge is 2.37. The van der Waals surface area contributed by atoms with Gasteiger partial charge in [-0.3, -0.25) is 38.4 Å². The Balaban J connectivity index is 0.737. The summed E-state index contributed by atoms with van der Waals surface area (Å²) in [6, 6.07) is 30.0. The number of hydrogen-bond donors (Lipinski definition) is 9. The van der Waals surface area contributed by atoms with Crippen LogP contribution in [0.2, 0.25) is 0 Å². The first-order valence-electron chi connectivity index (χ1n) is 27.3. The van der Waals surface area contributed by atoms with Gasteiger partial charge < -0.3 is 70.9 Å². The van der Waals surface area contributed by atoms with Crippen LogP contribution in [0.4, 0.5) is 22.9 Å². The van der Waals surface area contributed by atoms with E-state index in [2.05, 4.69) is 77.1 Å². The van der Waals surface area contributed by atoms with E-state index in [1.165, 1.54) is 73.8 Å². The molecule has 1 saturated carbocycles. The molecular formula is C60H68N14O10. The number of esters is 1. The van der Waals surface area contributed by atoms with Gasteiger partial charge in [0.2, 0.25) is 23.5 Å². The molecule has 3 atom stereocenters. The third-order valence-electron chi connectivity index (χ3n) is 14.0. The smallest absolute Gasteiger partial charge is 0.354 e. The zero-order chi connectivity index (χ0) is 59.9. The lowest BCUT2D eigenvalue weighted by atomic mass is 10.1. The number of nitrogens with zero attached hydrogens (tertiary/aromatic N) is 5. The molecule has 3 aromatic carbocycles. The summed E-state index contributed by atoms with van der Waals surface area (Å²) in [6.45, 7) is 1.04. The van der Waals surface area contributed by atoms with E-state index in [0.29, 0.717) is 48.4 Å². The quantitative estimate of drug-likeness (QED) is 0.0244. The summed E-state index contributed by atoms with van der Waals surface area (Å²) in [6.07, 6.45) is 8.89. The third kappa shape index (κ3) is 16.3. The van der Waals surface area contributed by atoms with Crippen molar-refractivity contribution in [3.63, 3.8) is 0 Å². The van der Waals surface area contributed by atoms with Crippen molar-refractivity contribution < 1.29 is 47.9 Å². The Labute approximate surface area is 484 Å². The number of amides is 8. The molecule has 24 nitrogen and oxygen atoms in total. The number of rotatable bonds is 27. The minimum atomic E-state index is -0.815. The van der Waals surface area contributed by atoms with E-state index in [1.807, 2.05) is 36.4 Å². The highest BCUT2D eigenvalue weighted by Crippen LogP contribution is 2.40. The van der Waals surface area contributed by atoms with Crippen LogP contribution >= 0.6 is 0 Å². The Bertz CT molecular complexity index is 3550. The SMILES string of the molecule is COC(=O)c1cc(NC(=O)c2cc(NC(=O)c3nc(NC(=O)c4cc(NC(=O)CCNC(=O)CCNC(=O)c5cccc(C(=O)N[C@@H](CCCCN[C@H]6C[C@@H]6c6ccccc6)C(=O)NCc6ccccc6)c5)cn4C)cn3C)cn2C)cn1C. The lowest BCUT2D eigenvalue weighted by Crippen LogP contribution is -2.46. The summed E-state index contributed by atoms with van der Waals surface area (Å²) < 4.78 is 10.7. The van der Waals surface area contributed by atoms with Crippen LogP contribution in [0.5, 0.6) is 0 Å². The summed E-state index contributed by atoms with van der Waals surface area (Å²) in [5.74, 6) is -3.95. The average Bonchev–Trinajstić information content (AvgIpc) is 3.89. The molecule has 4 heterocycles.